The number of hydrogen-bond donors (Lipinski definition) is 0. The van der Waals surface area contributed by atoms with Gasteiger partial charge in [-0.25, -0.2) is 9.18 Å². The number of rotatable bonds is 2. The van der Waals surface area contributed by atoms with E-state index < -0.39 is 17.1 Å². The van der Waals surface area contributed by atoms with Gasteiger partial charge in [0.05, 0.1) is 0 Å². The Kier molecular flexibility index (Phi) is 5.49. The van der Waals surface area contributed by atoms with E-state index in [1.54, 1.807) is 13.8 Å². The summed E-state index contributed by atoms with van der Waals surface area (Å²) in [6.45, 7) is 3.82. The van der Waals surface area contributed by atoms with Crippen LogP contribution in [0.4, 0.5) is 4.39 Å². The van der Waals surface area contributed by atoms with Crippen LogP contribution in [0, 0.1) is 18.8 Å². The summed E-state index contributed by atoms with van der Waals surface area (Å²) in [5, 5.41) is 0.0808. The molecule has 2 rings (SSSR count). The second-order valence-electron chi connectivity index (χ2n) is 4.00. The monoisotopic (exact) mass is 465 g/mol. The molecule has 0 atom stereocenters. The molecule has 1 heterocycles. The fourth-order valence-electron chi connectivity index (χ4n) is 1.90. The van der Waals surface area contributed by atoms with Crippen LogP contribution in [-0.2, 0) is 27.6 Å². The van der Waals surface area contributed by atoms with Crippen LogP contribution in [0.1, 0.15) is 12.6 Å². The molecule has 0 aliphatic heterocycles. The molecule has 4 nitrogen and oxygen atoms in total. The summed E-state index contributed by atoms with van der Waals surface area (Å²) in [7, 11) is 0. The predicted octanol–water partition coefficient (Wildman–Crippen LogP) is 1.92. The second kappa shape index (κ2) is 6.51. The van der Waals surface area contributed by atoms with E-state index in [4.69, 9.17) is 11.6 Å². The normalized spacial score (nSPS) is 10.2. The van der Waals surface area contributed by atoms with Gasteiger partial charge in [0, 0.05) is 24.1 Å². The molecule has 1 aromatic heterocycles. The maximum absolute atomic E-state index is 13.8. The zero-order valence-electron chi connectivity index (χ0n) is 10.8. The average molecular weight is 466 g/mol. The molecule has 0 bridgehead atoms. The molecule has 0 fully saturated rings. The summed E-state index contributed by atoms with van der Waals surface area (Å²) >= 11 is 5.60. The predicted molar refractivity (Wildman–Crippen MR) is 70.5 cm³/mol. The first-order valence-corrected chi connectivity index (χ1v) is 6.04. The van der Waals surface area contributed by atoms with Gasteiger partial charge < -0.3 is 0 Å². The molecule has 1 aromatic carbocycles. The van der Waals surface area contributed by atoms with E-state index >= 15 is 0 Å². The van der Waals surface area contributed by atoms with Gasteiger partial charge in [-0.3, -0.25) is 13.9 Å². The van der Waals surface area contributed by atoms with Crippen LogP contribution in [0.25, 0.3) is 5.69 Å². The molecule has 20 heavy (non-hydrogen) atoms. The molecule has 0 aliphatic carbocycles. The van der Waals surface area contributed by atoms with Gasteiger partial charge in [0.25, 0.3) is 0 Å². The van der Waals surface area contributed by atoms with Gasteiger partial charge in [0.2, 0.25) is 5.56 Å². The summed E-state index contributed by atoms with van der Waals surface area (Å²) < 4.78 is 16.0. The third kappa shape index (κ3) is 2.94. The van der Waals surface area contributed by atoms with E-state index in [1.165, 1.54) is 16.7 Å². The Bertz CT molecular complexity index is 755. The molecule has 7 heteroatoms. The Hall–Kier alpha value is -1.19. The zero-order chi connectivity index (χ0) is 14.2. The van der Waals surface area contributed by atoms with Crippen molar-refractivity contribution in [1.82, 2.24) is 9.13 Å². The van der Waals surface area contributed by atoms with Crippen LogP contribution in [0.2, 0.25) is 5.02 Å². The van der Waals surface area contributed by atoms with Gasteiger partial charge in [0.1, 0.15) is 0 Å². The van der Waals surface area contributed by atoms with Crippen molar-refractivity contribution >= 4 is 11.6 Å². The smallest absolute Gasteiger partial charge is 0.299 e. The minimum atomic E-state index is -0.741. The molecule has 2 aromatic rings. The molecule has 0 aliphatic rings. The number of aryl methyl sites for hydroxylation is 1. The minimum Gasteiger partial charge on any atom is -0.299 e. The van der Waals surface area contributed by atoms with Crippen molar-refractivity contribution in [2.45, 2.75) is 20.4 Å². The first-order chi connectivity index (χ1) is 8.95. The fraction of sp³-hybridized carbons (Fsp3) is 0.231. The SMILES string of the molecule is CCn1c(C)cc(=O)n(-c2c[c-]c(Cl)cc2F)c1=O.[W+2]. The van der Waals surface area contributed by atoms with Crippen molar-refractivity contribution in [1.29, 1.82) is 0 Å². The van der Waals surface area contributed by atoms with Crippen molar-refractivity contribution in [3.05, 3.63) is 61.6 Å². The number of hydrogen-bond acceptors (Lipinski definition) is 2. The van der Waals surface area contributed by atoms with Crippen LogP contribution in [-0.4, -0.2) is 9.13 Å². The Labute approximate surface area is 134 Å². The van der Waals surface area contributed by atoms with Gasteiger partial charge >= 0.3 is 26.8 Å². The van der Waals surface area contributed by atoms with E-state index in [1.807, 2.05) is 0 Å². The third-order valence-electron chi connectivity index (χ3n) is 2.80. The van der Waals surface area contributed by atoms with Crippen molar-refractivity contribution in [2.24, 2.45) is 0 Å². The molecule has 0 saturated carbocycles. The summed E-state index contributed by atoms with van der Waals surface area (Å²) in [6, 6.07) is 6.06. The Morgan fingerprint density at radius 1 is 1.35 bits per heavy atom. The van der Waals surface area contributed by atoms with Crippen LogP contribution >= 0.6 is 11.6 Å². The molecule has 0 spiro atoms. The van der Waals surface area contributed by atoms with Crippen LogP contribution < -0.4 is 11.2 Å². The molecule has 0 radical (unpaired) electrons. The molecule has 104 valence electrons. The van der Waals surface area contributed by atoms with E-state index in [2.05, 4.69) is 6.07 Å². The zero-order valence-corrected chi connectivity index (χ0v) is 14.5. The summed E-state index contributed by atoms with van der Waals surface area (Å²) in [5.41, 5.74) is -0.780. The molecular formula is C13H11ClFN2O2W+. The standard InChI is InChI=1S/C13H11ClFN2O2.W/c1-3-16-8(2)6-12(18)17(13(16)19)11-5-4-9(14)7-10(11)15;/h5-7H,3H2,1-2H3;/q-1;+2. The van der Waals surface area contributed by atoms with Crippen molar-refractivity contribution in [3.63, 3.8) is 0 Å². The number of halogens is 2. The van der Waals surface area contributed by atoms with Gasteiger partial charge in [-0.2, -0.15) is 6.07 Å². The Morgan fingerprint density at radius 3 is 2.55 bits per heavy atom. The number of aromatic nitrogens is 2. The van der Waals surface area contributed by atoms with Crippen LogP contribution in [0.3, 0.4) is 0 Å². The van der Waals surface area contributed by atoms with Crippen molar-refractivity contribution in [2.75, 3.05) is 0 Å². The van der Waals surface area contributed by atoms with E-state index in [0.717, 1.165) is 10.6 Å². The quantitative estimate of drug-likeness (QED) is 0.637. The molecule has 0 amide bonds. The van der Waals surface area contributed by atoms with Crippen molar-refractivity contribution in [3.8, 4) is 5.69 Å². The van der Waals surface area contributed by atoms with Gasteiger partial charge in [0.15, 0.2) is 0 Å². The Morgan fingerprint density at radius 2 is 2.00 bits per heavy atom. The summed E-state index contributed by atoms with van der Waals surface area (Å²) in [4.78, 5) is 24.1. The molecule has 0 saturated heterocycles. The fourth-order valence-corrected chi connectivity index (χ4v) is 2.05. The van der Waals surface area contributed by atoms with E-state index in [-0.39, 0.29) is 31.8 Å². The molecular weight excluding hydrogens is 454 g/mol. The van der Waals surface area contributed by atoms with E-state index in [0.29, 0.717) is 12.2 Å². The van der Waals surface area contributed by atoms with Crippen LogP contribution in [0.15, 0.2) is 27.8 Å². The maximum atomic E-state index is 13.8. The molecule has 0 N–H and O–H groups in total. The topological polar surface area (TPSA) is 44.0 Å². The van der Waals surface area contributed by atoms with Crippen molar-refractivity contribution < 1.29 is 25.5 Å². The average Bonchev–Trinajstić information content (AvgIpc) is 2.31. The number of nitrogens with zero attached hydrogens (tertiary/aromatic N) is 2. The largest absolute Gasteiger partial charge is 2.00 e. The first kappa shape index (κ1) is 16.9. The first-order valence-electron chi connectivity index (χ1n) is 5.66. The molecule has 0 unspecified atom stereocenters. The Balaban J connectivity index is 0.00000200. The van der Waals surface area contributed by atoms with Gasteiger partial charge in [-0.1, -0.05) is 5.02 Å². The maximum Gasteiger partial charge on any atom is 2.00 e. The van der Waals surface area contributed by atoms with Crippen LogP contribution in [0.5, 0.6) is 0 Å². The van der Waals surface area contributed by atoms with Gasteiger partial charge in [-0.05, 0) is 19.5 Å². The summed E-state index contributed by atoms with van der Waals surface area (Å²) in [6.07, 6.45) is 0. The minimum absolute atomic E-state index is 0. The van der Waals surface area contributed by atoms with E-state index in [9.17, 15) is 14.0 Å². The summed E-state index contributed by atoms with van der Waals surface area (Å²) in [5.74, 6) is -0.741. The van der Waals surface area contributed by atoms with Gasteiger partial charge in [-0.15, -0.1) is 23.7 Å². The number of benzene rings is 1. The second-order valence-corrected chi connectivity index (χ2v) is 4.41. The third-order valence-corrected chi connectivity index (χ3v) is 3.02.